The van der Waals surface area contributed by atoms with E-state index < -0.39 is 0 Å². The molecule has 2 aromatic heterocycles. The highest BCUT2D eigenvalue weighted by Crippen LogP contribution is 2.16. The van der Waals surface area contributed by atoms with E-state index >= 15 is 0 Å². The lowest BCUT2D eigenvalue weighted by Gasteiger charge is -2.01. The first kappa shape index (κ1) is 11.5. The van der Waals surface area contributed by atoms with E-state index in [9.17, 15) is 4.79 Å². The van der Waals surface area contributed by atoms with Crippen LogP contribution in [0.15, 0.2) is 30.5 Å². The van der Waals surface area contributed by atoms with Crippen LogP contribution in [0.1, 0.15) is 14.5 Å². The fourth-order valence-corrected chi connectivity index (χ4v) is 2.27. The lowest BCUT2D eigenvalue weighted by atomic mass is 10.4. The number of aromatic nitrogens is 1. The van der Waals surface area contributed by atoms with Gasteiger partial charge in [0.1, 0.15) is 5.82 Å². The van der Waals surface area contributed by atoms with Gasteiger partial charge in [0.25, 0.3) is 5.91 Å². The first-order chi connectivity index (χ1) is 7.65. The Morgan fingerprint density at radius 3 is 2.75 bits per heavy atom. The van der Waals surface area contributed by atoms with Gasteiger partial charge in [-0.25, -0.2) is 4.98 Å². The largest absolute Gasteiger partial charge is 0.306 e. The molecule has 0 aliphatic carbocycles. The molecule has 0 atom stereocenters. The van der Waals surface area contributed by atoms with E-state index in [-0.39, 0.29) is 5.91 Å². The fourth-order valence-electron chi connectivity index (χ4n) is 1.18. The highest BCUT2D eigenvalue weighted by molar-refractivity contribution is 14.1. The van der Waals surface area contributed by atoms with Crippen molar-refractivity contribution in [3.8, 4) is 0 Å². The number of hydrogen-bond acceptors (Lipinski definition) is 3. The third-order valence-corrected chi connectivity index (χ3v) is 3.57. The molecule has 1 amide bonds. The van der Waals surface area contributed by atoms with Gasteiger partial charge >= 0.3 is 0 Å². The number of halogens is 1. The van der Waals surface area contributed by atoms with Crippen LogP contribution in [0.3, 0.4) is 0 Å². The number of nitrogens with zero attached hydrogens (tertiary/aromatic N) is 1. The van der Waals surface area contributed by atoms with Gasteiger partial charge in [-0.1, -0.05) is 0 Å². The molecule has 2 rings (SSSR count). The second kappa shape index (κ2) is 4.92. The summed E-state index contributed by atoms with van der Waals surface area (Å²) in [7, 11) is 0. The van der Waals surface area contributed by atoms with Crippen LogP contribution in [0, 0.1) is 10.5 Å². The summed E-state index contributed by atoms with van der Waals surface area (Å²) < 4.78 is 1.04. The molecule has 0 radical (unpaired) electrons. The van der Waals surface area contributed by atoms with E-state index in [2.05, 4.69) is 32.9 Å². The number of carbonyl (C=O) groups excluding carboxylic acids is 1. The van der Waals surface area contributed by atoms with Crippen molar-refractivity contribution in [2.75, 3.05) is 5.32 Å². The highest BCUT2D eigenvalue weighted by Gasteiger charge is 2.08. The minimum absolute atomic E-state index is 0.105. The molecule has 0 aliphatic rings. The average Bonchev–Trinajstić information content (AvgIpc) is 2.68. The van der Waals surface area contributed by atoms with Gasteiger partial charge in [0.2, 0.25) is 0 Å². The highest BCUT2D eigenvalue weighted by atomic mass is 127. The molecule has 2 aromatic rings. The second-order valence-corrected chi connectivity index (χ2v) is 5.76. The third-order valence-electron chi connectivity index (χ3n) is 1.93. The molecule has 2 heterocycles. The van der Waals surface area contributed by atoms with Crippen molar-refractivity contribution in [1.82, 2.24) is 4.98 Å². The number of amides is 1. The molecular formula is C11H9IN2OS. The lowest BCUT2D eigenvalue weighted by Crippen LogP contribution is -2.11. The van der Waals surface area contributed by atoms with Gasteiger partial charge in [0, 0.05) is 14.6 Å². The van der Waals surface area contributed by atoms with Crippen LogP contribution < -0.4 is 5.32 Å². The standard InChI is InChI=1S/C11H9IN2OS/c1-7-2-4-9(16-7)11(15)14-10-5-3-8(12)6-13-10/h2-6H,1H3,(H,13,14,15). The molecule has 1 N–H and O–H groups in total. The van der Waals surface area contributed by atoms with E-state index in [0.717, 1.165) is 8.45 Å². The Balaban J connectivity index is 2.10. The normalized spacial score (nSPS) is 10.1. The number of hydrogen-bond donors (Lipinski definition) is 1. The van der Waals surface area contributed by atoms with E-state index in [1.54, 1.807) is 12.3 Å². The van der Waals surface area contributed by atoms with Crippen LogP contribution in [0.4, 0.5) is 5.82 Å². The molecule has 0 bridgehead atoms. The Morgan fingerprint density at radius 2 is 2.19 bits per heavy atom. The Morgan fingerprint density at radius 1 is 1.38 bits per heavy atom. The summed E-state index contributed by atoms with van der Waals surface area (Å²) in [4.78, 5) is 17.7. The molecule has 3 nitrogen and oxygen atoms in total. The lowest BCUT2D eigenvalue weighted by molar-refractivity contribution is 0.103. The van der Waals surface area contributed by atoms with Crippen molar-refractivity contribution in [1.29, 1.82) is 0 Å². The van der Waals surface area contributed by atoms with Crippen molar-refractivity contribution < 1.29 is 4.79 Å². The minimum atomic E-state index is -0.105. The molecule has 0 saturated heterocycles. The summed E-state index contributed by atoms with van der Waals surface area (Å²) in [6.45, 7) is 1.98. The Bertz CT molecular complexity index is 507. The van der Waals surface area contributed by atoms with Gasteiger partial charge in [-0.15, -0.1) is 11.3 Å². The third kappa shape index (κ3) is 2.79. The molecule has 0 fully saturated rings. The monoisotopic (exact) mass is 344 g/mol. The van der Waals surface area contributed by atoms with Crippen LogP contribution >= 0.6 is 33.9 Å². The predicted octanol–water partition coefficient (Wildman–Crippen LogP) is 3.31. The van der Waals surface area contributed by atoms with Crippen molar-refractivity contribution in [3.63, 3.8) is 0 Å². The molecule has 16 heavy (non-hydrogen) atoms. The number of nitrogens with one attached hydrogen (secondary N) is 1. The Labute approximate surface area is 111 Å². The topological polar surface area (TPSA) is 42.0 Å². The second-order valence-electron chi connectivity index (χ2n) is 3.23. The number of rotatable bonds is 2. The quantitative estimate of drug-likeness (QED) is 0.850. The van der Waals surface area contributed by atoms with Gasteiger partial charge in [-0.3, -0.25) is 4.79 Å². The van der Waals surface area contributed by atoms with Crippen molar-refractivity contribution in [2.45, 2.75) is 6.92 Å². The minimum Gasteiger partial charge on any atom is -0.306 e. The molecule has 82 valence electrons. The SMILES string of the molecule is Cc1ccc(C(=O)Nc2ccc(I)cn2)s1. The first-order valence-corrected chi connectivity index (χ1v) is 6.54. The average molecular weight is 344 g/mol. The Kier molecular flexibility index (Phi) is 3.55. The maximum atomic E-state index is 11.8. The van der Waals surface area contributed by atoms with E-state index in [1.807, 2.05) is 25.1 Å². The van der Waals surface area contributed by atoms with Crippen LogP contribution in [-0.2, 0) is 0 Å². The smallest absolute Gasteiger partial charge is 0.266 e. The van der Waals surface area contributed by atoms with Crippen LogP contribution in [0.5, 0.6) is 0 Å². The number of pyridine rings is 1. The molecule has 0 aliphatic heterocycles. The Hall–Kier alpha value is -0.950. The van der Waals surface area contributed by atoms with Gasteiger partial charge in [0.05, 0.1) is 4.88 Å². The summed E-state index contributed by atoms with van der Waals surface area (Å²) in [5.41, 5.74) is 0. The van der Waals surface area contributed by atoms with E-state index in [4.69, 9.17) is 0 Å². The molecule has 5 heteroatoms. The molecule has 0 unspecified atom stereocenters. The summed E-state index contributed by atoms with van der Waals surface area (Å²) in [5.74, 6) is 0.475. The van der Waals surface area contributed by atoms with Crippen molar-refractivity contribution in [3.05, 3.63) is 43.8 Å². The number of carbonyl (C=O) groups is 1. The van der Waals surface area contributed by atoms with E-state index in [0.29, 0.717) is 10.7 Å². The number of aryl methyl sites for hydroxylation is 1. The molecule has 0 saturated carbocycles. The molecular weight excluding hydrogens is 335 g/mol. The summed E-state index contributed by atoms with van der Waals surface area (Å²) in [5, 5.41) is 2.76. The maximum absolute atomic E-state index is 11.8. The molecule has 0 spiro atoms. The van der Waals surface area contributed by atoms with Gasteiger partial charge in [-0.05, 0) is 53.8 Å². The zero-order chi connectivity index (χ0) is 11.5. The van der Waals surface area contributed by atoms with Crippen molar-refractivity contribution >= 4 is 45.7 Å². The van der Waals surface area contributed by atoms with Crippen LogP contribution in [0.2, 0.25) is 0 Å². The van der Waals surface area contributed by atoms with Crippen molar-refractivity contribution in [2.24, 2.45) is 0 Å². The van der Waals surface area contributed by atoms with Crippen LogP contribution in [-0.4, -0.2) is 10.9 Å². The number of anilines is 1. The summed E-state index contributed by atoms with van der Waals surface area (Å²) >= 11 is 3.65. The number of thiophene rings is 1. The zero-order valence-electron chi connectivity index (χ0n) is 8.53. The zero-order valence-corrected chi connectivity index (χ0v) is 11.5. The van der Waals surface area contributed by atoms with Gasteiger partial charge in [-0.2, -0.15) is 0 Å². The first-order valence-electron chi connectivity index (χ1n) is 4.64. The summed E-state index contributed by atoms with van der Waals surface area (Å²) in [6, 6.07) is 7.45. The molecule has 0 aromatic carbocycles. The van der Waals surface area contributed by atoms with Crippen LogP contribution in [0.25, 0.3) is 0 Å². The summed E-state index contributed by atoms with van der Waals surface area (Å²) in [6.07, 6.45) is 1.72. The van der Waals surface area contributed by atoms with E-state index in [1.165, 1.54) is 11.3 Å². The fraction of sp³-hybridized carbons (Fsp3) is 0.0909. The van der Waals surface area contributed by atoms with Gasteiger partial charge in [0.15, 0.2) is 0 Å². The predicted molar refractivity (Wildman–Crippen MR) is 74.0 cm³/mol. The maximum Gasteiger partial charge on any atom is 0.266 e. The van der Waals surface area contributed by atoms with Gasteiger partial charge < -0.3 is 5.32 Å².